The third-order valence-electron chi connectivity index (χ3n) is 4.09. The van der Waals surface area contributed by atoms with Gasteiger partial charge in [-0.25, -0.2) is 0 Å². The number of nitrogen functional groups attached to an aromatic ring is 1. The number of halogens is 1. The first-order chi connectivity index (χ1) is 9.63. The lowest BCUT2D eigenvalue weighted by Gasteiger charge is -2.21. The highest BCUT2D eigenvalue weighted by molar-refractivity contribution is 6.36. The molecular weight excluding hydrogens is 272 g/mol. The van der Waals surface area contributed by atoms with Crippen LogP contribution in [0.4, 0.5) is 5.69 Å². The molecular formula is C16H23ClN2O. The van der Waals surface area contributed by atoms with Crippen molar-refractivity contribution in [1.82, 2.24) is 4.90 Å². The maximum atomic E-state index is 12.6. The highest BCUT2D eigenvalue weighted by Gasteiger charge is 2.23. The van der Waals surface area contributed by atoms with Crippen LogP contribution in [0.2, 0.25) is 5.02 Å². The van der Waals surface area contributed by atoms with E-state index >= 15 is 0 Å². The molecule has 0 saturated carbocycles. The summed E-state index contributed by atoms with van der Waals surface area (Å²) in [6.07, 6.45) is 5.89. The molecule has 1 unspecified atom stereocenters. The van der Waals surface area contributed by atoms with Crippen molar-refractivity contribution in [3.8, 4) is 0 Å². The Balaban J connectivity index is 2.07. The van der Waals surface area contributed by atoms with Gasteiger partial charge in [0, 0.05) is 13.1 Å². The summed E-state index contributed by atoms with van der Waals surface area (Å²) in [6, 6.07) is 5.26. The number of likely N-dealkylation sites (tertiary alicyclic amines) is 1. The molecule has 4 heteroatoms. The number of carbonyl (C=O) groups excluding carboxylic acids is 1. The van der Waals surface area contributed by atoms with Crippen molar-refractivity contribution in [1.29, 1.82) is 0 Å². The summed E-state index contributed by atoms with van der Waals surface area (Å²) >= 11 is 6.15. The standard InChI is InChI=1S/C16H23ClN2O/c1-2-5-12-6-4-10-19(11-9-12)16(20)13-7-3-8-14(18)15(13)17/h3,7-8,12H,2,4-6,9-11,18H2,1H3. The quantitative estimate of drug-likeness (QED) is 0.858. The highest BCUT2D eigenvalue weighted by atomic mass is 35.5. The summed E-state index contributed by atoms with van der Waals surface area (Å²) in [6.45, 7) is 3.87. The van der Waals surface area contributed by atoms with E-state index in [0.29, 0.717) is 16.3 Å². The van der Waals surface area contributed by atoms with Gasteiger partial charge < -0.3 is 10.6 Å². The molecule has 1 heterocycles. The first-order valence-corrected chi connectivity index (χ1v) is 7.84. The SMILES string of the molecule is CCCC1CCCN(C(=O)c2cccc(N)c2Cl)CC1. The lowest BCUT2D eigenvalue weighted by Crippen LogP contribution is -2.32. The number of hydrogen-bond acceptors (Lipinski definition) is 2. The van der Waals surface area contributed by atoms with Crippen molar-refractivity contribution < 1.29 is 4.79 Å². The topological polar surface area (TPSA) is 46.3 Å². The molecule has 1 aliphatic rings. The van der Waals surface area contributed by atoms with Gasteiger partial charge in [0.15, 0.2) is 0 Å². The Morgan fingerprint density at radius 1 is 1.40 bits per heavy atom. The fourth-order valence-electron chi connectivity index (χ4n) is 2.95. The Labute approximate surface area is 126 Å². The van der Waals surface area contributed by atoms with Crippen LogP contribution in [0.25, 0.3) is 0 Å². The Morgan fingerprint density at radius 2 is 2.20 bits per heavy atom. The van der Waals surface area contributed by atoms with Crippen LogP contribution in [-0.4, -0.2) is 23.9 Å². The maximum Gasteiger partial charge on any atom is 0.255 e. The van der Waals surface area contributed by atoms with E-state index in [2.05, 4.69) is 6.92 Å². The molecule has 0 radical (unpaired) electrons. The van der Waals surface area contributed by atoms with Crippen molar-refractivity contribution in [2.75, 3.05) is 18.8 Å². The third-order valence-corrected chi connectivity index (χ3v) is 4.51. The van der Waals surface area contributed by atoms with E-state index in [1.54, 1.807) is 18.2 Å². The fraction of sp³-hybridized carbons (Fsp3) is 0.562. The number of amides is 1. The van der Waals surface area contributed by atoms with Crippen LogP contribution in [-0.2, 0) is 0 Å². The number of rotatable bonds is 3. The molecule has 2 N–H and O–H groups in total. The maximum absolute atomic E-state index is 12.6. The second-order valence-electron chi connectivity index (χ2n) is 5.59. The zero-order valence-corrected chi connectivity index (χ0v) is 12.8. The molecule has 20 heavy (non-hydrogen) atoms. The molecule has 2 rings (SSSR count). The van der Waals surface area contributed by atoms with Gasteiger partial charge in [-0.15, -0.1) is 0 Å². The molecule has 0 bridgehead atoms. The monoisotopic (exact) mass is 294 g/mol. The Bertz CT molecular complexity index is 476. The number of carbonyl (C=O) groups is 1. The first kappa shape index (κ1) is 15.2. The number of nitrogens with zero attached hydrogens (tertiary/aromatic N) is 1. The summed E-state index contributed by atoms with van der Waals surface area (Å²) in [5.41, 5.74) is 6.77. The minimum atomic E-state index is 0.0134. The minimum Gasteiger partial charge on any atom is -0.398 e. The van der Waals surface area contributed by atoms with Crippen LogP contribution < -0.4 is 5.73 Å². The Morgan fingerprint density at radius 3 is 2.95 bits per heavy atom. The second kappa shape index (κ2) is 6.98. The lowest BCUT2D eigenvalue weighted by atomic mass is 9.96. The smallest absolute Gasteiger partial charge is 0.255 e. The number of anilines is 1. The first-order valence-electron chi connectivity index (χ1n) is 7.46. The van der Waals surface area contributed by atoms with Crippen LogP contribution in [0.1, 0.15) is 49.4 Å². The normalized spacial score (nSPS) is 19.7. The summed E-state index contributed by atoms with van der Waals surface area (Å²) in [5.74, 6) is 0.772. The van der Waals surface area contributed by atoms with Crippen LogP contribution in [0.3, 0.4) is 0 Å². The summed E-state index contributed by atoms with van der Waals surface area (Å²) in [5, 5.41) is 0.381. The molecule has 1 amide bonds. The molecule has 0 spiro atoms. The van der Waals surface area contributed by atoms with Crippen molar-refractivity contribution in [3.05, 3.63) is 28.8 Å². The zero-order valence-electron chi connectivity index (χ0n) is 12.1. The molecule has 3 nitrogen and oxygen atoms in total. The molecule has 1 aliphatic heterocycles. The van der Waals surface area contributed by atoms with Gasteiger partial charge in [0.1, 0.15) is 0 Å². The predicted octanol–water partition coefficient (Wildman–Crippen LogP) is 3.96. The van der Waals surface area contributed by atoms with E-state index in [1.165, 1.54) is 19.3 Å². The zero-order chi connectivity index (χ0) is 14.5. The number of benzene rings is 1. The molecule has 0 aliphatic carbocycles. The van der Waals surface area contributed by atoms with E-state index in [0.717, 1.165) is 31.8 Å². The third kappa shape index (κ3) is 3.45. The Kier molecular flexibility index (Phi) is 5.30. The van der Waals surface area contributed by atoms with Gasteiger partial charge in [0.25, 0.3) is 5.91 Å². The molecule has 1 saturated heterocycles. The summed E-state index contributed by atoms with van der Waals surface area (Å²) < 4.78 is 0. The second-order valence-corrected chi connectivity index (χ2v) is 5.96. The molecule has 1 fully saturated rings. The highest BCUT2D eigenvalue weighted by Crippen LogP contribution is 2.27. The van der Waals surface area contributed by atoms with Crippen LogP contribution in [0.15, 0.2) is 18.2 Å². The van der Waals surface area contributed by atoms with Crippen molar-refractivity contribution in [2.24, 2.45) is 5.92 Å². The molecule has 1 aromatic carbocycles. The molecule has 110 valence electrons. The van der Waals surface area contributed by atoms with Gasteiger partial charge in [-0.3, -0.25) is 4.79 Å². The van der Waals surface area contributed by atoms with Gasteiger partial charge in [-0.1, -0.05) is 37.4 Å². The van der Waals surface area contributed by atoms with E-state index in [-0.39, 0.29) is 5.91 Å². The van der Waals surface area contributed by atoms with Crippen molar-refractivity contribution >= 4 is 23.2 Å². The van der Waals surface area contributed by atoms with E-state index in [1.807, 2.05) is 4.90 Å². The van der Waals surface area contributed by atoms with Crippen LogP contribution in [0.5, 0.6) is 0 Å². The summed E-state index contributed by atoms with van der Waals surface area (Å²) in [4.78, 5) is 14.5. The number of nitrogens with two attached hydrogens (primary N) is 1. The number of hydrogen-bond donors (Lipinski definition) is 1. The van der Waals surface area contributed by atoms with Gasteiger partial charge in [0.2, 0.25) is 0 Å². The predicted molar refractivity (Wildman–Crippen MR) is 84.0 cm³/mol. The Hall–Kier alpha value is -1.22. The average Bonchev–Trinajstić information content (AvgIpc) is 2.67. The molecule has 1 aromatic rings. The van der Waals surface area contributed by atoms with E-state index in [9.17, 15) is 4.79 Å². The van der Waals surface area contributed by atoms with Crippen LogP contribution in [0, 0.1) is 5.92 Å². The van der Waals surface area contributed by atoms with Gasteiger partial charge in [-0.05, 0) is 37.3 Å². The largest absolute Gasteiger partial charge is 0.398 e. The van der Waals surface area contributed by atoms with Gasteiger partial charge >= 0.3 is 0 Å². The van der Waals surface area contributed by atoms with Crippen LogP contribution >= 0.6 is 11.6 Å². The average molecular weight is 295 g/mol. The minimum absolute atomic E-state index is 0.0134. The van der Waals surface area contributed by atoms with E-state index < -0.39 is 0 Å². The fourth-order valence-corrected chi connectivity index (χ4v) is 3.16. The van der Waals surface area contributed by atoms with E-state index in [4.69, 9.17) is 17.3 Å². The van der Waals surface area contributed by atoms with Gasteiger partial charge in [0.05, 0.1) is 16.3 Å². The molecule has 1 atom stereocenters. The summed E-state index contributed by atoms with van der Waals surface area (Å²) in [7, 11) is 0. The lowest BCUT2D eigenvalue weighted by molar-refractivity contribution is 0.0760. The molecule has 0 aromatic heterocycles. The van der Waals surface area contributed by atoms with Crippen molar-refractivity contribution in [2.45, 2.75) is 39.0 Å². The van der Waals surface area contributed by atoms with Crippen molar-refractivity contribution in [3.63, 3.8) is 0 Å². The van der Waals surface area contributed by atoms with Gasteiger partial charge in [-0.2, -0.15) is 0 Å².